The van der Waals surface area contributed by atoms with Crippen LogP contribution in [0.2, 0.25) is 0 Å². The summed E-state index contributed by atoms with van der Waals surface area (Å²) in [5.41, 5.74) is 4.09. The highest BCUT2D eigenvalue weighted by Gasteiger charge is 2.29. The summed E-state index contributed by atoms with van der Waals surface area (Å²) in [6.07, 6.45) is 1.84. The van der Waals surface area contributed by atoms with Gasteiger partial charge in [0.15, 0.2) is 0 Å². The zero-order chi connectivity index (χ0) is 25.8. The van der Waals surface area contributed by atoms with Crippen molar-refractivity contribution >= 4 is 35.3 Å². The number of para-hydroxylation sites is 1. The largest absolute Gasteiger partial charge is 0.346 e. The summed E-state index contributed by atoms with van der Waals surface area (Å²) in [6, 6.07) is 30.9. The van der Waals surface area contributed by atoms with Crippen LogP contribution in [0.25, 0.3) is 6.08 Å². The molecule has 0 saturated carbocycles. The summed E-state index contributed by atoms with van der Waals surface area (Å²) in [5.74, 6) is -0.582. The first-order valence-electron chi connectivity index (χ1n) is 12.0. The monoisotopic (exact) mass is 508 g/mol. The third-order valence-corrected chi connectivity index (χ3v) is 7.28. The van der Waals surface area contributed by atoms with Gasteiger partial charge in [-0.05, 0) is 66.1 Å². The number of hydrogen-bond donors (Lipinski definition) is 1. The highest BCUT2D eigenvalue weighted by molar-refractivity contribution is 8.04. The predicted molar refractivity (Wildman–Crippen MR) is 147 cm³/mol. The number of fused-ring (bicyclic) bond motifs is 1. The van der Waals surface area contributed by atoms with Gasteiger partial charge in [-0.2, -0.15) is 0 Å². The van der Waals surface area contributed by atoms with E-state index in [0.717, 1.165) is 27.3 Å². The molecule has 0 saturated heterocycles. The number of carbonyl (C=O) groups excluding carboxylic acids is 2. The Morgan fingerprint density at radius 2 is 1.59 bits per heavy atom. The van der Waals surface area contributed by atoms with Gasteiger partial charge in [-0.25, -0.2) is 4.39 Å². The first kappa shape index (κ1) is 24.5. The lowest BCUT2D eigenvalue weighted by molar-refractivity contribution is -0.114. The molecular weight excluding hydrogens is 483 g/mol. The second-order valence-corrected chi connectivity index (χ2v) is 9.91. The van der Waals surface area contributed by atoms with Crippen molar-refractivity contribution in [2.75, 3.05) is 4.90 Å². The van der Waals surface area contributed by atoms with Crippen molar-refractivity contribution in [2.24, 2.45) is 0 Å². The molecule has 2 amide bonds. The van der Waals surface area contributed by atoms with Gasteiger partial charge in [0, 0.05) is 10.5 Å². The van der Waals surface area contributed by atoms with Gasteiger partial charge in [-0.3, -0.25) is 9.59 Å². The molecule has 0 bridgehead atoms. The van der Waals surface area contributed by atoms with E-state index in [1.807, 2.05) is 79.7 Å². The Balaban J connectivity index is 1.35. The van der Waals surface area contributed by atoms with Crippen LogP contribution in [0.4, 0.5) is 10.1 Å². The number of hydrogen-bond acceptors (Lipinski definition) is 3. The third kappa shape index (κ3) is 5.65. The number of nitrogens with one attached hydrogen (secondary N) is 1. The summed E-state index contributed by atoms with van der Waals surface area (Å²) >= 11 is 1.42. The van der Waals surface area contributed by atoms with Gasteiger partial charge in [-0.15, -0.1) is 0 Å². The SMILES string of the molecule is C[C@@H](NC(=O)c1ccc(/C=C2\Sc3ccccc3N(Cc3ccc(F)cc3)C2=O)cc1)c1ccccc1. The molecule has 0 aliphatic carbocycles. The van der Waals surface area contributed by atoms with Crippen LogP contribution >= 0.6 is 11.8 Å². The average Bonchev–Trinajstić information content (AvgIpc) is 2.93. The van der Waals surface area contributed by atoms with E-state index < -0.39 is 0 Å². The standard InChI is InChI=1S/C31H25FN2O2S/c1-21(24-7-3-2-4-8-24)33-30(35)25-15-11-22(12-16-25)19-29-31(36)34(20-23-13-17-26(32)18-14-23)27-9-5-6-10-28(27)37-29/h2-19,21H,20H2,1H3,(H,33,35)/b29-19-/t21-/m1/s1. The highest BCUT2D eigenvalue weighted by Crippen LogP contribution is 2.42. The summed E-state index contributed by atoms with van der Waals surface area (Å²) < 4.78 is 13.4. The molecule has 0 spiro atoms. The van der Waals surface area contributed by atoms with E-state index in [-0.39, 0.29) is 23.7 Å². The maximum absolute atomic E-state index is 13.5. The number of anilines is 1. The van der Waals surface area contributed by atoms with Crippen molar-refractivity contribution < 1.29 is 14.0 Å². The third-order valence-electron chi connectivity index (χ3n) is 6.20. The number of halogens is 1. The van der Waals surface area contributed by atoms with Crippen molar-refractivity contribution in [3.63, 3.8) is 0 Å². The molecule has 0 aromatic heterocycles. The van der Waals surface area contributed by atoms with E-state index in [9.17, 15) is 14.0 Å². The molecule has 4 aromatic carbocycles. The molecule has 37 heavy (non-hydrogen) atoms. The van der Waals surface area contributed by atoms with Crippen LogP contribution in [-0.4, -0.2) is 11.8 Å². The fraction of sp³-hybridized carbons (Fsp3) is 0.0968. The Kier molecular flexibility index (Phi) is 7.19. The smallest absolute Gasteiger partial charge is 0.265 e. The Labute approximate surface area is 219 Å². The minimum atomic E-state index is -0.308. The molecule has 184 valence electrons. The van der Waals surface area contributed by atoms with Crippen LogP contribution in [0.15, 0.2) is 113 Å². The maximum atomic E-state index is 13.5. The lowest BCUT2D eigenvalue weighted by atomic mass is 10.1. The average molecular weight is 509 g/mol. The highest BCUT2D eigenvalue weighted by atomic mass is 32.2. The Hall–Kier alpha value is -4.16. The number of nitrogens with zero attached hydrogens (tertiary/aromatic N) is 1. The van der Waals surface area contributed by atoms with E-state index in [0.29, 0.717) is 17.0 Å². The predicted octanol–water partition coefficient (Wildman–Crippen LogP) is 7.00. The van der Waals surface area contributed by atoms with E-state index in [4.69, 9.17) is 0 Å². The number of rotatable bonds is 6. The van der Waals surface area contributed by atoms with E-state index >= 15 is 0 Å². The van der Waals surface area contributed by atoms with Gasteiger partial charge < -0.3 is 10.2 Å². The number of carbonyl (C=O) groups is 2. The Bertz CT molecular complexity index is 1450. The van der Waals surface area contributed by atoms with Crippen molar-refractivity contribution in [3.8, 4) is 0 Å². The zero-order valence-electron chi connectivity index (χ0n) is 20.2. The molecule has 1 N–H and O–H groups in total. The molecule has 0 fully saturated rings. The Morgan fingerprint density at radius 3 is 2.32 bits per heavy atom. The normalized spacial score (nSPS) is 14.8. The molecule has 0 radical (unpaired) electrons. The molecule has 1 aliphatic rings. The van der Waals surface area contributed by atoms with Crippen LogP contribution in [0.1, 0.15) is 40.0 Å². The number of benzene rings is 4. The van der Waals surface area contributed by atoms with Crippen LogP contribution < -0.4 is 10.2 Å². The van der Waals surface area contributed by atoms with E-state index in [1.54, 1.807) is 29.2 Å². The molecule has 1 atom stereocenters. The lowest BCUT2D eigenvalue weighted by Gasteiger charge is -2.30. The van der Waals surface area contributed by atoms with Gasteiger partial charge in [0.2, 0.25) is 0 Å². The molecule has 6 heteroatoms. The minimum Gasteiger partial charge on any atom is -0.346 e. The van der Waals surface area contributed by atoms with Crippen LogP contribution in [0, 0.1) is 5.82 Å². The van der Waals surface area contributed by atoms with Crippen molar-refractivity contribution in [2.45, 2.75) is 24.4 Å². The van der Waals surface area contributed by atoms with Gasteiger partial charge >= 0.3 is 0 Å². The molecular formula is C31H25FN2O2S. The lowest BCUT2D eigenvalue weighted by Crippen LogP contribution is -2.33. The first-order chi connectivity index (χ1) is 18.0. The fourth-order valence-electron chi connectivity index (χ4n) is 4.18. The minimum absolute atomic E-state index is 0.112. The summed E-state index contributed by atoms with van der Waals surface area (Å²) in [4.78, 5) is 29.5. The molecule has 4 nitrogen and oxygen atoms in total. The summed E-state index contributed by atoms with van der Waals surface area (Å²) in [7, 11) is 0. The Morgan fingerprint density at radius 1 is 0.919 bits per heavy atom. The van der Waals surface area contributed by atoms with Gasteiger partial charge in [0.05, 0.1) is 23.2 Å². The number of thioether (sulfide) groups is 1. The van der Waals surface area contributed by atoms with Crippen molar-refractivity contribution in [1.82, 2.24) is 5.32 Å². The van der Waals surface area contributed by atoms with Crippen LogP contribution in [0.3, 0.4) is 0 Å². The zero-order valence-corrected chi connectivity index (χ0v) is 21.0. The molecule has 1 aliphatic heterocycles. The fourth-order valence-corrected chi connectivity index (χ4v) is 5.24. The topological polar surface area (TPSA) is 49.4 Å². The second kappa shape index (κ2) is 10.8. The van der Waals surface area contributed by atoms with Crippen LogP contribution in [0.5, 0.6) is 0 Å². The molecule has 0 unspecified atom stereocenters. The van der Waals surface area contributed by atoms with E-state index in [1.165, 1.54) is 23.9 Å². The second-order valence-electron chi connectivity index (χ2n) is 8.82. The molecule has 5 rings (SSSR count). The number of amides is 2. The van der Waals surface area contributed by atoms with E-state index in [2.05, 4.69) is 5.32 Å². The van der Waals surface area contributed by atoms with Gasteiger partial charge in [-0.1, -0.05) is 78.5 Å². The quantitative estimate of drug-likeness (QED) is 0.285. The maximum Gasteiger partial charge on any atom is 0.265 e. The molecule has 1 heterocycles. The summed E-state index contributed by atoms with van der Waals surface area (Å²) in [5, 5.41) is 3.02. The van der Waals surface area contributed by atoms with Gasteiger partial charge in [0.25, 0.3) is 11.8 Å². The van der Waals surface area contributed by atoms with Crippen molar-refractivity contribution in [1.29, 1.82) is 0 Å². The van der Waals surface area contributed by atoms with Crippen LogP contribution in [-0.2, 0) is 11.3 Å². The van der Waals surface area contributed by atoms with Gasteiger partial charge in [0.1, 0.15) is 5.82 Å². The summed E-state index contributed by atoms with van der Waals surface area (Å²) in [6.45, 7) is 2.29. The van der Waals surface area contributed by atoms with Crippen molar-refractivity contribution in [3.05, 3.63) is 136 Å². The first-order valence-corrected chi connectivity index (χ1v) is 12.8. The molecule has 4 aromatic rings.